The largest absolute Gasteiger partial charge is 0.491 e. The average molecular weight is 314 g/mol. The summed E-state index contributed by atoms with van der Waals surface area (Å²) in [6.07, 6.45) is 0. The molecule has 2 aromatic carbocycles. The lowest BCUT2D eigenvalue weighted by atomic mass is 10.3. The summed E-state index contributed by atoms with van der Waals surface area (Å²) in [6.45, 7) is 3.96. The van der Waals surface area contributed by atoms with Gasteiger partial charge in [0, 0.05) is 18.0 Å². The normalized spacial score (nSPS) is 10.1. The molecule has 0 unspecified atom stereocenters. The first-order valence-electron chi connectivity index (χ1n) is 7.67. The van der Waals surface area contributed by atoms with E-state index in [0.717, 1.165) is 17.1 Å². The lowest BCUT2D eigenvalue weighted by Gasteiger charge is -2.09. The van der Waals surface area contributed by atoms with Crippen molar-refractivity contribution in [3.05, 3.63) is 54.6 Å². The van der Waals surface area contributed by atoms with Crippen LogP contribution in [0.2, 0.25) is 0 Å². The van der Waals surface area contributed by atoms with Gasteiger partial charge in [-0.05, 0) is 43.3 Å². The Morgan fingerprint density at radius 3 is 2.39 bits per heavy atom. The van der Waals surface area contributed by atoms with E-state index in [0.29, 0.717) is 19.8 Å². The van der Waals surface area contributed by atoms with E-state index in [2.05, 4.69) is 10.6 Å². The van der Waals surface area contributed by atoms with Gasteiger partial charge in [0.1, 0.15) is 12.4 Å². The Labute approximate surface area is 136 Å². The highest BCUT2D eigenvalue weighted by Crippen LogP contribution is 2.15. The Hall–Kier alpha value is -2.53. The van der Waals surface area contributed by atoms with Crippen molar-refractivity contribution in [1.29, 1.82) is 0 Å². The molecule has 0 heterocycles. The van der Waals surface area contributed by atoms with E-state index < -0.39 is 0 Å². The molecule has 0 aliphatic rings. The van der Waals surface area contributed by atoms with E-state index in [-0.39, 0.29) is 12.5 Å². The Kier molecular flexibility index (Phi) is 6.94. The molecule has 0 spiro atoms. The standard InChI is InChI=1S/C18H22N2O3/c1-2-22-12-13-23-17-10-8-15(9-11-17)19-14-18(21)20-16-6-4-3-5-7-16/h3-11,19H,2,12-14H2,1H3,(H,20,21). The molecular formula is C18H22N2O3. The lowest BCUT2D eigenvalue weighted by molar-refractivity contribution is -0.114. The zero-order chi connectivity index (χ0) is 16.3. The lowest BCUT2D eigenvalue weighted by Crippen LogP contribution is -2.21. The minimum absolute atomic E-state index is 0.0896. The van der Waals surface area contributed by atoms with Crippen LogP contribution in [-0.4, -0.2) is 32.3 Å². The fourth-order valence-corrected chi connectivity index (χ4v) is 1.94. The van der Waals surface area contributed by atoms with E-state index in [4.69, 9.17) is 9.47 Å². The van der Waals surface area contributed by atoms with Gasteiger partial charge >= 0.3 is 0 Å². The van der Waals surface area contributed by atoms with E-state index >= 15 is 0 Å². The van der Waals surface area contributed by atoms with E-state index in [1.807, 2.05) is 61.5 Å². The molecule has 0 bridgehead atoms. The molecule has 0 saturated heterocycles. The maximum Gasteiger partial charge on any atom is 0.243 e. The minimum atomic E-state index is -0.0896. The van der Waals surface area contributed by atoms with Crippen LogP contribution >= 0.6 is 0 Å². The van der Waals surface area contributed by atoms with Crippen molar-refractivity contribution >= 4 is 17.3 Å². The average Bonchev–Trinajstić information content (AvgIpc) is 2.59. The van der Waals surface area contributed by atoms with Gasteiger partial charge in [0.2, 0.25) is 5.91 Å². The van der Waals surface area contributed by atoms with E-state index in [1.54, 1.807) is 0 Å². The van der Waals surface area contributed by atoms with Crippen molar-refractivity contribution in [2.75, 3.05) is 37.0 Å². The quantitative estimate of drug-likeness (QED) is 0.698. The highest BCUT2D eigenvalue weighted by Gasteiger charge is 2.02. The van der Waals surface area contributed by atoms with Crippen LogP contribution in [0.25, 0.3) is 0 Å². The second-order valence-electron chi connectivity index (χ2n) is 4.84. The summed E-state index contributed by atoms with van der Waals surface area (Å²) in [5, 5.41) is 5.90. The number of benzene rings is 2. The molecule has 122 valence electrons. The van der Waals surface area contributed by atoms with Crippen molar-refractivity contribution in [3.8, 4) is 5.75 Å². The zero-order valence-electron chi connectivity index (χ0n) is 13.2. The Balaban J connectivity index is 1.72. The zero-order valence-corrected chi connectivity index (χ0v) is 13.2. The number of hydrogen-bond acceptors (Lipinski definition) is 4. The molecule has 0 radical (unpaired) electrons. The van der Waals surface area contributed by atoms with Crippen molar-refractivity contribution < 1.29 is 14.3 Å². The maximum atomic E-state index is 11.8. The van der Waals surface area contributed by atoms with Crippen LogP contribution in [0.15, 0.2) is 54.6 Å². The second kappa shape index (κ2) is 9.48. The number of ether oxygens (including phenoxy) is 2. The summed E-state index contributed by atoms with van der Waals surface area (Å²) >= 11 is 0. The first-order chi connectivity index (χ1) is 11.3. The molecule has 5 heteroatoms. The summed E-state index contributed by atoms with van der Waals surface area (Å²) in [7, 11) is 0. The molecular weight excluding hydrogens is 292 g/mol. The predicted molar refractivity (Wildman–Crippen MR) is 92.0 cm³/mol. The molecule has 0 aromatic heterocycles. The minimum Gasteiger partial charge on any atom is -0.491 e. The maximum absolute atomic E-state index is 11.8. The van der Waals surface area contributed by atoms with E-state index in [9.17, 15) is 4.79 Å². The van der Waals surface area contributed by atoms with Crippen LogP contribution in [0.1, 0.15) is 6.92 Å². The molecule has 1 amide bonds. The number of para-hydroxylation sites is 1. The van der Waals surface area contributed by atoms with Gasteiger partial charge in [-0.2, -0.15) is 0 Å². The van der Waals surface area contributed by atoms with Crippen molar-refractivity contribution in [2.45, 2.75) is 6.92 Å². The first kappa shape index (κ1) is 16.8. The van der Waals surface area contributed by atoms with Crippen molar-refractivity contribution in [2.24, 2.45) is 0 Å². The summed E-state index contributed by atoms with van der Waals surface area (Å²) in [6, 6.07) is 16.9. The van der Waals surface area contributed by atoms with Gasteiger partial charge in [0.05, 0.1) is 13.2 Å². The number of carbonyl (C=O) groups excluding carboxylic acids is 1. The van der Waals surface area contributed by atoms with Gasteiger partial charge in [0.15, 0.2) is 0 Å². The van der Waals surface area contributed by atoms with Crippen LogP contribution in [0, 0.1) is 0 Å². The van der Waals surface area contributed by atoms with Gasteiger partial charge in [-0.3, -0.25) is 4.79 Å². The molecule has 0 atom stereocenters. The van der Waals surface area contributed by atoms with Crippen LogP contribution < -0.4 is 15.4 Å². The summed E-state index contributed by atoms with van der Waals surface area (Å²) in [5.74, 6) is 0.692. The molecule has 0 aliphatic heterocycles. The van der Waals surface area contributed by atoms with Crippen LogP contribution in [0.5, 0.6) is 5.75 Å². The number of amides is 1. The van der Waals surface area contributed by atoms with Gasteiger partial charge < -0.3 is 20.1 Å². The van der Waals surface area contributed by atoms with Gasteiger partial charge in [-0.25, -0.2) is 0 Å². The monoisotopic (exact) mass is 314 g/mol. The molecule has 2 N–H and O–H groups in total. The van der Waals surface area contributed by atoms with Crippen molar-refractivity contribution in [3.63, 3.8) is 0 Å². The molecule has 2 rings (SSSR count). The molecule has 5 nitrogen and oxygen atoms in total. The summed E-state index contributed by atoms with van der Waals surface area (Å²) < 4.78 is 10.7. The van der Waals surface area contributed by atoms with Crippen LogP contribution in [0.3, 0.4) is 0 Å². The Morgan fingerprint density at radius 2 is 1.70 bits per heavy atom. The third kappa shape index (κ3) is 6.40. The van der Waals surface area contributed by atoms with Gasteiger partial charge in [0.25, 0.3) is 0 Å². The number of nitrogens with one attached hydrogen (secondary N) is 2. The smallest absolute Gasteiger partial charge is 0.243 e. The number of rotatable bonds is 9. The molecule has 0 fully saturated rings. The van der Waals surface area contributed by atoms with Crippen LogP contribution in [-0.2, 0) is 9.53 Å². The molecule has 0 aliphatic carbocycles. The summed E-state index contributed by atoms with van der Waals surface area (Å²) in [4.78, 5) is 11.8. The van der Waals surface area contributed by atoms with E-state index in [1.165, 1.54) is 0 Å². The second-order valence-corrected chi connectivity index (χ2v) is 4.84. The number of carbonyl (C=O) groups is 1. The topological polar surface area (TPSA) is 59.6 Å². The molecule has 0 saturated carbocycles. The fraction of sp³-hybridized carbons (Fsp3) is 0.278. The third-order valence-electron chi connectivity index (χ3n) is 3.07. The summed E-state index contributed by atoms with van der Waals surface area (Å²) in [5.41, 5.74) is 1.66. The Bertz CT molecular complexity index is 585. The fourth-order valence-electron chi connectivity index (χ4n) is 1.94. The van der Waals surface area contributed by atoms with Crippen molar-refractivity contribution in [1.82, 2.24) is 0 Å². The number of anilines is 2. The van der Waals surface area contributed by atoms with Crippen LogP contribution in [0.4, 0.5) is 11.4 Å². The van der Waals surface area contributed by atoms with Gasteiger partial charge in [-0.1, -0.05) is 18.2 Å². The SMILES string of the molecule is CCOCCOc1ccc(NCC(=O)Nc2ccccc2)cc1. The highest BCUT2D eigenvalue weighted by atomic mass is 16.5. The Morgan fingerprint density at radius 1 is 0.957 bits per heavy atom. The first-order valence-corrected chi connectivity index (χ1v) is 7.67. The highest BCUT2D eigenvalue weighted by molar-refractivity contribution is 5.93. The van der Waals surface area contributed by atoms with Gasteiger partial charge in [-0.15, -0.1) is 0 Å². The predicted octanol–water partition coefficient (Wildman–Crippen LogP) is 3.15. The molecule has 2 aromatic rings. The molecule has 23 heavy (non-hydrogen) atoms. The number of hydrogen-bond donors (Lipinski definition) is 2. The third-order valence-corrected chi connectivity index (χ3v) is 3.07.